The van der Waals surface area contributed by atoms with Crippen LogP contribution in [-0.2, 0) is 6.61 Å². The Kier molecular flexibility index (Phi) is 3.83. The van der Waals surface area contributed by atoms with Crippen LogP contribution in [0.1, 0.15) is 43.4 Å². The zero-order valence-corrected chi connectivity index (χ0v) is 14.5. The van der Waals surface area contributed by atoms with Crippen LogP contribution in [0.5, 0.6) is 0 Å². The molecule has 1 N–H and O–H groups in total. The van der Waals surface area contributed by atoms with Gasteiger partial charge in [-0.1, -0.05) is 6.92 Å². The third-order valence-corrected chi connectivity index (χ3v) is 5.49. The topological polar surface area (TPSA) is 45.5 Å². The normalized spacial score (nSPS) is 20.7. The van der Waals surface area contributed by atoms with E-state index in [0.29, 0.717) is 30.1 Å². The van der Waals surface area contributed by atoms with Crippen molar-refractivity contribution in [3.8, 4) is 0 Å². The highest BCUT2D eigenvalue weighted by atomic mass is 19.2. The molecule has 2 heterocycles. The van der Waals surface area contributed by atoms with E-state index in [1.807, 2.05) is 4.90 Å². The van der Waals surface area contributed by atoms with Gasteiger partial charge in [0.05, 0.1) is 17.8 Å². The number of rotatable bonds is 3. The molecule has 25 heavy (non-hydrogen) atoms. The monoisotopic (exact) mass is 348 g/mol. The summed E-state index contributed by atoms with van der Waals surface area (Å²) in [6, 6.07) is 1.27. The van der Waals surface area contributed by atoms with E-state index >= 15 is 4.39 Å². The molecule has 4 nitrogen and oxygen atoms in total. The first kappa shape index (κ1) is 16.5. The smallest absolute Gasteiger partial charge is 0.251 e. The number of fused-ring (bicyclic) bond motifs is 1. The molecule has 0 amide bonds. The van der Waals surface area contributed by atoms with Crippen molar-refractivity contribution in [1.29, 1.82) is 0 Å². The van der Waals surface area contributed by atoms with E-state index in [-0.39, 0.29) is 28.2 Å². The molecule has 0 bridgehead atoms. The third-order valence-electron chi connectivity index (χ3n) is 5.49. The number of halogens is 2. The van der Waals surface area contributed by atoms with Gasteiger partial charge in [-0.2, -0.15) is 0 Å². The quantitative estimate of drug-likeness (QED) is 0.926. The van der Waals surface area contributed by atoms with Crippen LogP contribution in [0.15, 0.2) is 10.9 Å². The molecule has 6 heteroatoms. The second kappa shape index (κ2) is 5.80. The summed E-state index contributed by atoms with van der Waals surface area (Å²) in [5.74, 6) is -1.42. The van der Waals surface area contributed by atoms with Gasteiger partial charge in [-0.25, -0.2) is 8.78 Å². The van der Waals surface area contributed by atoms with Crippen LogP contribution >= 0.6 is 0 Å². The maximum absolute atomic E-state index is 15.0. The fourth-order valence-corrected chi connectivity index (χ4v) is 4.11. The van der Waals surface area contributed by atoms with Crippen molar-refractivity contribution in [1.82, 2.24) is 4.57 Å². The van der Waals surface area contributed by atoms with Crippen molar-refractivity contribution in [2.24, 2.45) is 5.92 Å². The molecule has 0 radical (unpaired) electrons. The molecule has 1 aromatic carbocycles. The minimum atomic E-state index is -0.964. The van der Waals surface area contributed by atoms with Gasteiger partial charge in [0.2, 0.25) is 0 Å². The average molecular weight is 348 g/mol. The summed E-state index contributed by atoms with van der Waals surface area (Å²) in [5.41, 5.74) is 1.18. The van der Waals surface area contributed by atoms with Crippen molar-refractivity contribution >= 4 is 16.6 Å². The Morgan fingerprint density at radius 3 is 2.52 bits per heavy atom. The highest BCUT2D eigenvalue weighted by molar-refractivity contribution is 5.91. The number of nitrogens with zero attached hydrogens (tertiary/aromatic N) is 2. The lowest BCUT2D eigenvalue weighted by molar-refractivity contribution is 0.282. The van der Waals surface area contributed by atoms with Crippen molar-refractivity contribution in [2.45, 2.75) is 45.8 Å². The summed E-state index contributed by atoms with van der Waals surface area (Å²) >= 11 is 0. The van der Waals surface area contributed by atoms with Crippen LogP contribution in [-0.4, -0.2) is 22.8 Å². The fraction of sp³-hybridized carbons (Fsp3) is 0.526. The molecule has 1 aliphatic heterocycles. The van der Waals surface area contributed by atoms with Crippen LogP contribution in [0.25, 0.3) is 10.9 Å². The minimum absolute atomic E-state index is 0.0386. The third kappa shape index (κ3) is 2.46. The lowest BCUT2D eigenvalue weighted by atomic mass is 10.0. The summed E-state index contributed by atoms with van der Waals surface area (Å²) in [5, 5.41) is 9.62. The van der Waals surface area contributed by atoms with Crippen LogP contribution in [0.4, 0.5) is 14.5 Å². The number of aryl methyl sites for hydroxylation is 1. The summed E-state index contributed by atoms with van der Waals surface area (Å²) in [6.45, 7) is 4.71. The Morgan fingerprint density at radius 2 is 1.96 bits per heavy atom. The lowest BCUT2D eigenvalue weighted by Crippen LogP contribution is -2.25. The van der Waals surface area contributed by atoms with E-state index in [4.69, 9.17) is 0 Å². The zero-order valence-electron chi connectivity index (χ0n) is 14.5. The standard InChI is InChI=1S/C19H22F2N2O2/c1-10-5-6-22(8-10)19-11(2)18-15(16(20)17(19)21)12(9-24)7-14(25)23(18)13-3-4-13/h7,10,13,24H,3-6,8-9H2,1-2H3/t10-/m0/s1. The van der Waals surface area contributed by atoms with E-state index in [9.17, 15) is 14.3 Å². The first-order valence-electron chi connectivity index (χ1n) is 8.85. The molecule has 2 aliphatic rings. The number of pyridine rings is 1. The Bertz CT molecular complexity index is 918. The van der Waals surface area contributed by atoms with E-state index in [0.717, 1.165) is 19.3 Å². The van der Waals surface area contributed by atoms with Crippen molar-refractivity contribution < 1.29 is 13.9 Å². The van der Waals surface area contributed by atoms with Crippen molar-refractivity contribution in [3.05, 3.63) is 39.2 Å². The number of benzene rings is 1. The Morgan fingerprint density at radius 1 is 1.24 bits per heavy atom. The van der Waals surface area contributed by atoms with Crippen molar-refractivity contribution in [3.63, 3.8) is 0 Å². The first-order valence-corrected chi connectivity index (χ1v) is 8.85. The number of aromatic nitrogens is 1. The highest BCUT2D eigenvalue weighted by Crippen LogP contribution is 2.42. The summed E-state index contributed by atoms with van der Waals surface area (Å²) in [6.07, 6.45) is 2.66. The zero-order chi connectivity index (χ0) is 17.9. The molecular formula is C19H22F2N2O2. The molecule has 1 aliphatic carbocycles. The molecule has 2 fully saturated rings. The number of aliphatic hydroxyl groups excluding tert-OH is 1. The van der Waals surface area contributed by atoms with Gasteiger partial charge in [0.1, 0.15) is 0 Å². The van der Waals surface area contributed by atoms with E-state index in [1.165, 1.54) is 6.07 Å². The average Bonchev–Trinajstić information content (AvgIpc) is 3.33. The number of hydrogen-bond donors (Lipinski definition) is 1. The van der Waals surface area contributed by atoms with E-state index < -0.39 is 18.2 Å². The molecule has 2 aromatic rings. The van der Waals surface area contributed by atoms with E-state index in [2.05, 4.69) is 6.92 Å². The molecule has 0 spiro atoms. The maximum Gasteiger partial charge on any atom is 0.251 e. The van der Waals surface area contributed by atoms with Crippen LogP contribution in [0.2, 0.25) is 0 Å². The maximum atomic E-state index is 15.0. The Hall–Kier alpha value is -1.95. The van der Waals surface area contributed by atoms with Gasteiger partial charge in [0.15, 0.2) is 11.6 Å². The van der Waals surface area contributed by atoms with Gasteiger partial charge >= 0.3 is 0 Å². The highest BCUT2D eigenvalue weighted by Gasteiger charge is 2.32. The summed E-state index contributed by atoms with van der Waals surface area (Å²) in [4.78, 5) is 14.4. The molecule has 1 saturated heterocycles. The molecule has 134 valence electrons. The molecule has 0 unspecified atom stereocenters. The van der Waals surface area contributed by atoms with Crippen LogP contribution in [0.3, 0.4) is 0 Å². The number of hydrogen-bond acceptors (Lipinski definition) is 3. The second-order valence-electron chi connectivity index (χ2n) is 7.43. The number of aliphatic hydroxyl groups is 1. The van der Waals surface area contributed by atoms with Gasteiger partial charge < -0.3 is 14.6 Å². The molecule has 1 aromatic heterocycles. The van der Waals surface area contributed by atoms with E-state index in [1.54, 1.807) is 11.5 Å². The predicted octanol–water partition coefficient (Wildman–Crippen LogP) is 3.26. The molecular weight excluding hydrogens is 326 g/mol. The molecule has 1 saturated carbocycles. The molecule has 4 rings (SSSR count). The van der Waals surface area contributed by atoms with Crippen LogP contribution in [0, 0.1) is 24.5 Å². The Balaban J connectivity index is 2.09. The van der Waals surface area contributed by atoms with Gasteiger partial charge in [-0.05, 0) is 37.7 Å². The molecule has 1 atom stereocenters. The van der Waals surface area contributed by atoms with Crippen molar-refractivity contribution in [2.75, 3.05) is 18.0 Å². The SMILES string of the molecule is Cc1c(N2CC[C@H](C)C2)c(F)c(F)c2c(CO)cc(=O)n(C3CC3)c12. The predicted molar refractivity (Wildman–Crippen MR) is 93.0 cm³/mol. The van der Waals surface area contributed by atoms with Gasteiger partial charge in [0, 0.05) is 36.1 Å². The number of anilines is 1. The summed E-state index contributed by atoms with van der Waals surface area (Å²) < 4.78 is 31.5. The van der Waals surface area contributed by atoms with Gasteiger partial charge in [0.25, 0.3) is 5.56 Å². The lowest BCUT2D eigenvalue weighted by Gasteiger charge is -2.25. The fourth-order valence-electron chi connectivity index (χ4n) is 4.11. The first-order chi connectivity index (χ1) is 11.9. The summed E-state index contributed by atoms with van der Waals surface area (Å²) in [7, 11) is 0. The Labute approximate surface area is 144 Å². The van der Waals surface area contributed by atoms with Crippen LogP contribution < -0.4 is 10.5 Å². The minimum Gasteiger partial charge on any atom is -0.392 e. The van der Waals surface area contributed by atoms with Gasteiger partial charge in [-0.3, -0.25) is 4.79 Å². The largest absolute Gasteiger partial charge is 0.392 e. The van der Waals surface area contributed by atoms with Gasteiger partial charge in [-0.15, -0.1) is 0 Å². The second-order valence-corrected chi connectivity index (χ2v) is 7.43.